The molecule has 0 fully saturated rings. The van der Waals surface area contributed by atoms with Crippen LogP contribution in [0.5, 0.6) is 0 Å². The number of amides is 1. The molecule has 0 spiro atoms. The summed E-state index contributed by atoms with van der Waals surface area (Å²) in [7, 11) is 0. The molecule has 0 saturated heterocycles. The van der Waals surface area contributed by atoms with E-state index in [0.717, 1.165) is 16.7 Å². The van der Waals surface area contributed by atoms with Crippen molar-refractivity contribution in [3.63, 3.8) is 0 Å². The van der Waals surface area contributed by atoms with Gasteiger partial charge in [-0.25, -0.2) is 9.37 Å². The highest BCUT2D eigenvalue weighted by atomic mass is 32.1. The summed E-state index contributed by atoms with van der Waals surface area (Å²) in [6, 6.07) is 25.8. The third-order valence-electron chi connectivity index (χ3n) is 5.12. The Kier molecular flexibility index (Phi) is 5.44. The summed E-state index contributed by atoms with van der Waals surface area (Å²) in [6.07, 6.45) is 3.42. The topological polar surface area (TPSA) is 46.1 Å². The molecule has 0 N–H and O–H groups in total. The number of anilines is 1. The second-order valence-corrected chi connectivity index (χ2v) is 8.31. The number of hydrogen-bond acceptors (Lipinski definition) is 4. The highest BCUT2D eigenvalue weighted by Gasteiger charge is 2.22. The van der Waals surface area contributed by atoms with Crippen molar-refractivity contribution < 1.29 is 9.18 Å². The maximum absolute atomic E-state index is 13.7. The number of nitrogens with zero attached hydrogens (tertiary/aromatic N) is 3. The first kappa shape index (κ1) is 20.0. The Balaban J connectivity index is 1.51. The lowest BCUT2D eigenvalue weighted by molar-refractivity contribution is 0.0985. The molecule has 0 saturated carbocycles. The van der Waals surface area contributed by atoms with Gasteiger partial charge in [0, 0.05) is 18.0 Å². The maximum Gasteiger partial charge on any atom is 0.260 e. The van der Waals surface area contributed by atoms with E-state index in [-0.39, 0.29) is 11.7 Å². The molecule has 0 aliphatic heterocycles. The van der Waals surface area contributed by atoms with Crippen molar-refractivity contribution in [3.8, 4) is 11.1 Å². The van der Waals surface area contributed by atoms with E-state index in [1.54, 1.807) is 23.4 Å². The van der Waals surface area contributed by atoms with E-state index in [2.05, 4.69) is 9.97 Å². The quantitative estimate of drug-likeness (QED) is 0.321. The highest BCUT2D eigenvalue weighted by Crippen LogP contribution is 2.31. The second kappa shape index (κ2) is 8.69. The minimum atomic E-state index is -0.325. The van der Waals surface area contributed by atoms with Crippen molar-refractivity contribution in [3.05, 3.63) is 114 Å². The van der Waals surface area contributed by atoms with Crippen LogP contribution in [0, 0.1) is 5.82 Å². The zero-order chi connectivity index (χ0) is 21.9. The van der Waals surface area contributed by atoms with E-state index in [9.17, 15) is 9.18 Å². The average Bonchev–Trinajstić information content (AvgIpc) is 3.26. The third-order valence-corrected chi connectivity index (χ3v) is 6.16. The minimum Gasteiger partial charge on any atom is -0.279 e. The van der Waals surface area contributed by atoms with Gasteiger partial charge in [-0.3, -0.25) is 14.7 Å². The predicted octanol–water partition coefficient (Wildman–Crippen LogP) is 6.34. The molecule has 2 heterocycles. The molecular weight excluding hydrogens is 421 g/mol. The molecule has 0 radical (unpaired) electrons. The van der Waals surface area contributed by atoms with Crippen molar-refractivity contribution in [2.45, 2.75) is 6.54 Å². The normalized spacial score (nSPS) is 10.9. The van der Waals surface area contributed by atoms with Gasteiger partial charge in [-0.15, -0.1) is 0 Å². The lowest BCUT2D eigenvalue weighted by atomic mass is 10.0. The van der Waals surface area contributed by atoms with Gasteiger partial charge in [0.25, 0.3) is 5.91 Å². The van der Waals surface area contributed by atoms with Gasteiger partial charge in [-0.1, -0.05) is 59.9 Å². The summed E-state index contributed by atoms with van der Waals surface area (Å²) in [6.45, 7) is 0.315. The number of pyridine rings is 1. The molecule has 0 atom stereocenters. The van der Waals surface area contributed by atoms with Gasteiger partial charge in [0.1, 0.15) is 5.82 Å². The maximum atomic E-state index is 13.7. The van der Waals surface area contributed by atoms with Gasteiger partial charge < -0.3 is 0 Å². The lowest BCUT2D eigenvalue weighted by Crippen LogP contribution is -2.30. The Bertz CT molecular complexity index is 1370. The molecule has 32 heavy (non-hydrogen) atoms. The standard InChI is InChI=1S/C26H18FN3OS/c27-22-12-13-23-24(15-22)32-26(29-23)30(17-18-5-4-14-28-16-18)25(31)21-10-8-20(9-11-21)19-6-2-1-3-7-19/h1-16H,17H2. The van der Waals surface area contributed by atoms with Crippen LogP contribution in [0.4, 0.5) is 9.52 Å². The SMILES string of the molecule is O=C(c1ccc(-c2ccccc2)cc1)N(Cc1cccnc1)c1nc2ccc(F)cc2s1. The van der Waals surface area contributed by atoms with Crippen LogP contribution in [-0.4, -0.2) is 15.9 Å². The number of benzene rings is 3. The minimum absolute atomic E-state index is 0.173. The van der Waals surface area contributed by atoms with Crippen molar-refractivity contribution in [1.82, 2.24) is 9.97 Å². The fraction of sp³-hybridized carbons (Fsp3) is 0.0385. The van der Waals surface area contributed by atoms with Gasteiger partial charge in [0.2, 0.25) is 0 Å². The van der Waals surface area contributed by atoms with Gasteiger partial charge in [0.15, 0.2) is 5.13 Å². The van der Waals surface area contributed by atoms with Crippen LogP contribution < -0.4 is 4.90 Å². The molecule has 156 valence electrons. The number of fused-ring (bicyclic) bond motifs is 1. The van der Waals surface area contributed by atoms with Crippen molar-refractivity contribution in [2.75, 3.05) is 4.90 Å². The van der Waals surface area contributed by atoms with Crippen LogP contribution >= 0.6 is 11.3 Å². The molecule has 4 nitrogen and oxygen atoms in total. The first-order valence-electron chi connectivity index (χ1n) is 10.1. The lowest BCUT2D eigenvalue weighted by Gasteiger charge is -2.20. The van der Waals surface area contributed by atoms with E-state index < -0.39 is 0 Å². The van der Waals surface area contributed by atoms with Crippen LogP contribution in [0.2, 0.25) is 0 Å². The van der Waals surface area contributed by atoms with Crippen LogP contribution in [0.3, 0.4) is 0 Å². The number of thiazole rings is 1. The largest absolute Gasteiger partial charge is 0.279 e. The molecule has 0 aliphatic carbocycles. The number of rotatable bonds is 5. The molecule has 0 bridgehead atoms. The highest BCUT2D eigenvalue weighted by molar-refractivity contribution is 7.22. The fourth-order valence-corrected chi connectivity index (χ4v) is 4.48. The number of carbonyl (C=O) groups is 1. The molecule has 5 rings (SSSR count). The Morgan fingerprint density at radius 3 is 2.44 bits per heavy atom. The average molecular weight is 440 g/mol. The molecular formula is C26H18FN3OS. The Labute approximate surface area is 188 Å². The van der Waals surface area contributed by atoms with E-state index in [1.165, 1.54) is 23.5 Å². The summed E-state index contributed by atoms with van der Waals surface area (Å²) in [5.41, 5.74) is 4.23. The van der Waals surface area contributed by atoms with Crippen LogP contribution in [0.15, 0.2) is 97.3 Å². The van der Waals surface area contributed by atoms with Crippen LogP contribution in [0.25, 0.3) is 21.3 Å². The summed E-state index contributed by atoms with van der Waals surface area (Å²) < 4.78 is 14.4. The van der Waals surface area contributed by atoms with Gasteiger partial charge in [-0.05, 0) is 53.1 Å². The summed E-state index contributed by atoms with van der Waals surface area (Å²) in [5.74, 6) is -0.498. The van der Waals surface area contributed by atoms with Crippen molar-refractivity contribution in [1.29, 1.82) is 0 Å². The summed E-state index contributed by atoms with van der Waals surface area (Å²) in [4.78, 5) is 23.9. The number of halogens is 1. The second-order valence-electron chi connectivity index (χ2n) is 7.30. The van der Waals surface area contributed by atoms with Crippen LogP contribution in [-0.2, 0) is 6.54 Å². The van der Waals surface area contributed by atoms with Gasteiger partial charge >= 0.3 is 0 Å². The van der Waals surface area contributed by atoms with Gasteiger partial charge in [0.05, 0.1) is 16.8 Å². The third kappa shape index (κ3) is 4.13. The van der Waals surface area contributed by atoms with E-state index in [4.69, 9.17) is 0 Å². The van der Waals surface area contributed by atoms with E-state index in [0.29, 0.717) is 27.5 Å². The summed E-state index contributed by atoms with van der Waals surface area (Å²) >= 11 is 1.30. The molecule has 5 aromatic rings. The smallest absolute Gasteiger partial charge is 0.260 e. The zero-order valence-electron chi connectivity index (χ0n) is 17.0. The first-order chi connectivity index (χ1) is 15.7. The van der Waals surface area contributed by atoms with Crippen molar-refractivity contribution >= 4 is 32.6 Å². The van der Waals surface area contributed by atoms with E-state index >= 15 is 0 Å². The van der Waals surface area contributed by atoms with Gasteiger partial charge in [-0.2, -0.15) is 0 Å². The first-order valence-corrected chi connectivity index (χ1v) is 10.9. The molecule has 2 aromatic heterocycles. The molecule has 0 unspecified atom stereocenters. The molecule has 3 aromatic carbocycles. The Hall–Kier alpha value is -3.90. The van der Waals surface area contributed by atoms with Crippen molar-refractivity contribution in [2.24, 2.45) is 0 Å². The molecule has 1 amide bonds. The fourth-order valence-electron chi connectivity index (χ4n) is 3.49. The number of aromatic nitrogens is 2. The molecule has 0 aliphatic rings. The number of carbonyl (C=O) groups excluding carboxylic acids is 1. The predicted molar refractivity (Wildman–Crippen MR) is 126 cm³/mol. The Morgan fingerprint density at radius 1 is 0.906 bits per heavy atom. The zero-order valence-corrected chi connectivity index (χ0v) is 17.8. The van der Waals surface area contributed by atoms with E-state index in [1.807, 2.05) is 66.7 Å². The summed E-state index contributed by atoms with van der Waals surface area (Å²) in [5, 5.41) is 0.520. The molecule has 6 heteroatoms. The number of hydrogen-bond donors (Lipinski definition) is 0. The van der Waals surface area contributed by atoms with Crippen LogP contribution in [0.1, 0.15) is 15.9 Å². The monoisotopic (exact) mass is 439 g/mol. The Morgan fingerprint density at radius 2 is 1.69 bits per heavy atom.